The van der Waals surface area contributed by atoms with Crippen molar-refractivity contribution in [2.45, 2.75) is 4.90 Å². The van der Waals surface area contributed by atoms with E-state index in [0.717, 1.165) is 14.8 Å². The van der Waals surface area contributed by atoms with Crippen molar-refractivity contribution in [3.05, 3.63) is 93.4 Å². The van der Waals surface area contributed by atoms with E-state index in [-0.39, 0.29) is 10.8 Å². The van der Waals surface area contributed by atoms with Gasteiger partial charge in [0.15, 0.2) is 5.13 Å². The van der Waals surface area contributed by atoms with Crippen LogP contribution in [0.2, 0.25) is 0 Å². The third-order valence-corrected chi connectivity index (χ3v) is 7.17. The molecular formula is C22H16IN3O3S2. The lowest BCUT2D eigenvalue weighted by Gasteiger charge is -2.09. The van der Waals surface area contributed by atoms with Crippen LogP contribution in [-0.4, -0.2) is 19.3 Å². The van der Waals surface area contributed by atoms with E-state index in [0.29, 0.717) is 16.4 Å². The number of rotatable bonds is 6. The normalized spacial score (nSPS) is 11.1. The Balaban J connectivity index is 1.48. The number of hydrogen-bond donors (Lipinski definition) is 2. The number of halogens is 1. The number of anilines is 2. The zero-order valence-electron chi connectivity index (χ0n) is 15.9. The highest BCUT2D eigenvalue weighted by atomic mass is 127. The number of nitrogens with zero attached hydrogens (tertiary/aromatic N) is 1. The minimum Gasteiger partial charge on any atom is -0.298 e. The average molecular weight is 561 g/mol. The topological polar surface area (TPSA) is 88.2 Å². The van der Waals surface area contributed by atoms with Crippen molar-refractivity contribution in [1.29, 1.82) is 0 Å². The lowest BCUT2D eigenvalue weighted by molar-refractivity contribution is 0.102. The lowest BCUT2D eigenvalue weighted by Crippen LogP contribution is -2.15. The van der Waals surface area contributed by atoms with Crippen LogP contribution in [-0.2, 0) is 10.0 Å². The van der Waals surface area contributed by atoms with Gasteiger partial charge in [0.2, 0.25) is 0 Å². The number of carbonyl (C=O) groups is 1. The summed E-state index contributed by atoms with van der Waals surface area (Å²) in [6, 6.07) is 22.3. The van der Waals surface area contributed by atoms with Crippen molar-refractivity contribution < 1.29 is 13.2 Å². The molecule has 0 aliphatic carbocycles. The van der Waals surface area contributed by atoms with E-state index in [9.17, 15) is 13.2 Å². The number of thiazole rings is 1. The number of amides is 1. The van der Waals surface area contributed by atoms with Crippen molar-refractivity contribution in [2.24, 2.45) is 0 Å². The van der Waals surface area contributed by atoms with Crippen LogP contribution in [0.1, 0.15) is 10.4 Å². The number of carbonyl (C=O) groups excluding carboxylic acids is 1. The highest BCUT2D eigenvalue weighted by Gasteiger charge is 2.15. The van der Waals surface area contributed by atoms with Gasteiger partial charge in [0.1, 0.15) is 0 Å². The maximum absolute atomic E-state index is 12.7. The summed E-state index contributed by atoms with van der Waals surface area (Å²) in [4.78, 5) is 17.3. The van der Waals surface area contributed by atoms with Crippen molar-refractivity contribution in [1.82, 2.24) is 4.98 Å². The molecule has 1 amide bonds. The molecule has 0 saturated carbocycles. The molecule has 0 unspecified atom stereocenters. The van der Waals surface area contributed by atoms with Crippen LogP contribution < -0.4 is 10.0 Å². The van der Waals surface area contributed by atoms with Crippen molar-refractivity contribution in [2.75, 3.05) is 10.0 Å². The summed E-state index contributed by atoms with van der Waals surface area (Å²) < 4.78 is 28.7. The highest BCUT2D eigenvalue weighted by Crippen LogP contribution is 2.26. The van der Waals surface area contributed by atoms with E-state index in [1.807, 2.05) is 29.6 Å². The Hall–Kier alpha value is -2.76. The molecule has 4 rings (SSSR count). The summed E-state index contributed by atoms with van der Waals surface area (Å²) in [5, 5.41) is 5.11. The second kappa shape index (κ2) is 9.16. The van der Waals surface area contributed by atoms with Gasteiger partial charge in [-0.3, -0.25) is 14.8 Å². The summed E-state index contributed by atoms with van der Waals surface area (Å²) >= 11 is 3.57. The molecule has 2 N–H and O–H groups in total. The van der Waals surface area contributed by atoms with Gasteiger partial charge in [0.25, 0.3) is 15.9 Å². The van der Waals surface area contributed by atoms with Gasteiger partial charge in [0.05, 0.1) is 10.6 Å². The molecule has 0 aliphatic rings. The first-order valence-electron chi connectivity index (χ1n) is 9.11. The molecule has 0 spiro atoms. The van der Waals surface area contributed by atoms with Crippen LogP contribution in [0.3, 0.4) is 0 Å². The Kier molecular flexibility index (Phi) is 6.35. The number of hydrogen-bond acceptors (Lipinski definition) is 5. The second-order valence-corrected chi connectivity index (χ2v) is 10.3. The summed E-state index contributed by atoms with van der Waals surface area (Å²) in [6.45, 7) is 0. The lowest BCUT2D eigenvalue weighted by atomic mass is 10.2. The highest BCUT2D eigenvalue weighted by molar-refractivity contribution is 14.1. The first-order chi connectivity index (χ1) is 14.9. The van der Waals surface area contributed by atoms with Crippen LogP contribution in [0.4, 0.5) is 10.8 Å². The molecule has 0 bridgehead atoms. The van der Waals surface area contributed by atoms with E-state index >= 15 is 0 Å². The zero-order chi connectivity index (χ0) is 21.8. The van der Waals surface area contributed by atoms with Gasteiger partial charge in [-0.05, 0) is 65.1 Å². The Morgan fingerprint density at radius 1 is 0.935 bits per heavy atom. The summed E-state index contributed by atoms with van der Waals surface area (Å²) in [5.74, 6) is -0.371. The second-order valence-electron chi connectivity index (χ2n) is 6.50. The van der Waals surface area contributed by atoms with E-state index in [2.05, 4.69) is 37.6 Å². The van der Waals surface area contributed by atoms with Crippen molar-refractivity contribution in [3.63, 3.8) is 0 Å². The van der Waals surface area contributed by atoms with Crippen LogP contribution >= 0.6 is 33.9 Å². The van der Waals surface area contributed by atoms with Crippen LogP contribution in [0.5, 0.6) is 0 Å². The maximum atomic E-state index is 12.7. The fourth-order valence-electron chi connectivity index (χ4n) is 2.79. The third-order valence-electron chi connectivity index (χ3n) is 4.30. The van der Waals surface area contributed by atoms with E-state index in [4.69, 9.17) is 0 Å². The molecule has 0 saturated heterocycles. The van der Waals surface area contributed by atoms with Crippen LogP contribution in [0, 0.1) is 3.57 Å². The third kappa shape index (κ3) is 5.30. The summed E-state index contributed by atoms with van der Waals surface area (Å²) in [7, 11) is -3.74. The first-order valence-corrected chi connectivity index (χ1v) is 12.6. The van der Waals surface area contributed by atoms with E-state index in [1.54, 1.807) is 36.4 Å². The van der Waals surface area contributed by atoms with E-state index < -0.39 is 10.0 Å². The van der Waals surface area contributed by atoms with Gasteiger partial charge in [-0.2, -0.15) is 0 Å². The molecule has 0 aliphatic heterocycles. The van der Waals surface area contributed by atoms with Crippen molar-refractivity contribution in [3.8, 4) is 11.3 Å². The predicted octanol–water partition coefficient (Wildman–Crippen LogP) is 5.47. The minimum absolute atomic E-state index is 0.149. The van der Waals surface area contributed by atoms with Gasteiger partial charge in [-0.1, -0.05) is 36.4 Å². The molecular weight excluding hydrogens is 545 g/mol. The molecule has 3 aromatic carbocycles. The predicted molar refractivity (Wildman–Crippen MR) is 132 cm³/mol. The van der Waals surface area contributed by atoms with Gasteiger partial charge in [-0.25, -0.2) is 13.4 Å². The molecule has 0 atom stereocenters. The Labute approximate surface area is 197 Å². The monoisotopic (exact) mass is 561 g/mol. The van der Waals surface area contributed by atoms with Gasteiger partial charge >= 0.3 is 0 Å². The van der Waals surface area contributed by atoms with Gasteiger partial charge < -0.3 is 0 Å². The largest absolute Gasteiger partial charge is 0.298 e. The summed E-state index contributed by atoms with van der Waals surface area (Å²) in [6.07, 6.45) is 0. The standard InChI is InChI=1S/C22H16IN3O3S2/c23-17-11-9-15(10-12-17)20-14-30-22(24-20)25-21(27)16-5-4-6-18(13-16)26-31(28,29)19-7-2-1-3-8-19/h1-14,26H,(H,24,25,27). The Morgan fingerprint density at radius 3 is 2.42 bits per heavy atom. The molecule has 0 radical (unpaired) electrons. The Morgan fingerprint density at radius 2 is 1.68 bits per heavy atom. The molecule has 9 heteroatoms. The van der Waals surface area contributed by atoms with Gasteiger partial charge in [-0.15, -0.1) is 11.3 Å². The molecule has 31 heavy (non-hydrogen) atoms. The van der Waals surface area contributed by atoms with Crippen molar-refractivity contribution >= 4 is 60.7 Å². The molecule has 156 valence electrons. The maximum Gasteiger partial charge on any atom is 0.261 e. The minimum atomic E-state index is -3.74. The van der Waals surface area contributed by atoms with Crippen LogP contribution in [0.25, 0.3) is 11.3 Å². The zero-order valence-corrected chi connectivity index (χ0v) is 19.7. The Bertz CT molecular complexity index is 1320. The fraction of sp³-hybridized carbons (Fsp3) is 0. The smallest absolute Gasteiger partial charge is 0.261 e. The first kappa shape index (κ1) is 21.5. The quantitative estimate of drug-likeness (QED) is 0.306. The SMILES string of the molecule is O=C(Nc1nc(-c2ccc(I)cc2)cs1)c1cccc(NS(=O)(=O)c2ccccc2)c1. The van der Waals surface area contributed by atoms with Gasteiger partial charge in [0, 0.05) is 25.8 Å². The molecule has 1 heterocycles. The number of sulfonamides is 1. The number of benzene rings is 3. The fourth-order valence-corrected chi connectivity index (χ4v) is 4.94. The number of aromatic nitrogens is 1. The molecule has 6 nitrogen and oxygen atoms in total. The summed E-state index contributed by atoms with van der Waals surface area (Å²) in [5.41, 5.74) is 2.37. The average Bonchev–Trinajstić information content (AvgIpc) is 3.23. The molecule has 4 aromatic rings. The molecule has 0 fully saturated rings. The number of nitrogens with one attached hydrogen (secondary N) is 2. The molecule has 1 aromatic heterocycles. The van der Waals surface area contributed by atoms with E-state index in [1.165, 1.54) is 29.5 Å². The van der Waals surface area contributed by atoms with Crippen LogP contribution in [0.15, 0.2) is 89.1 Å².